The molecular weight excluding hydrogens is 244 g/mol. The molecule has 1 fully saturated rings. The Morgan fingerprint density at radius 1 is 1.32 bits per heavy atom. The van der Waals surface area contributed by atoms with Gasteiger partial charge >= 0.3 is 6.09 Å². The summed E-state index contributed by atoms with van der Waals surface area (Å²) in [6.07, 6.45) is 1.35. The largest absolute Gasteiger partial charge is 0.463 e. The van der Waals surface area contributed by atoms with Crippen molar-refractivity contribution in [2.24, 2.45) is 0 Å². The Labute approximate surface area is 113 Å². The molecule has 0 spiro atoms. The SMILES string of the molecule is Cc1ccc(N(OCCN2CCCC2)C(=O)O)cc1. The molecule has 1 aliphatic heterocycles. The fourth-order valence-corrected chi connectivity index (χ4v) is 2.19. The molecule has 104 valence electrons. The van der Waals surface area contributed by atoms with Crippen molar-refractivity contribution in [2.45, 2.75) is 19.8 Å². The predicted molar refractivity (Wildman–Crippen MR) is 73.3 cm³/mol. The molecule has 1 heterocycles. The van der Waals surface area contributed by atoms with Gasteiger partial charge in [0, 0.05) is 6.54 Å². The molecule has 0 unspecified atom stereocenters. The number of amides is 1. The van der Waals surface area contributed by atoms with Gasteiger partial charge in [0.05, 0.1) is 12.3 Å². The second kappa shape index (κ2) is 6.54. The second-order valence-electron chi connectivity index (χ2n) is 4.79. The first kappa shape index (κ1) is 13.8. The molecule has 1 N–H and O–H groups in total. The molecule has 2 rings (SSSR count). The molecule has 19 heavy (non-hydrogen) atoms. The lowest BCUT2D eigenvalue weighted by atomic mass is 10.2. The van der Waals surface area contributed by atoms with Crippen molar-refractivity contribution >= 4 is 11.8 Å². The van der Waals surface area contributed by atoms with Gasteiger partial charge < -0.3 is 10.0 Å². The zero-order valence-corrected chi connectivity index (χ0v) is 11.2. The predicted octanol–water partition coefficient (Wildman–Crippen LogP) is 2.51. The highest BCUT2D eigenvalue weighted by molar-refractivity contribution is 5.83. The molecular formula is C14H20N2O3. The molecule has 0 atom stereocenters. The van der Waals surface area contributed by atoms with Crippen molar-refractivity contribution in [1.82, 2.24) is 4.90 Å². The molecule has 1 aromatic carbocycles. The van der Waals surface area contributed by atoms with Crippen molar-refractivity contribution in [1.29, 1.82) is 0 Å². The van der Waals surface area contributed by atoms with Crippen LogP contribution in [0.5, 0.6) is 0 Å². The molecule has 0 saturated carbocycles. The van der Waals surface area contributed by atoms with Crippen molar-refractivity contribution < 1.29 is 14.7 Å². The fourth-order valence-electron chi connectivity index (χ4n) is 2.19. The normalized spacial score (nSPS) is 15.6. The van der Waals surface area contributed by atoms with Gasteiger partial charge in [-0.05, 0) is 45.0 Å². The number of nitrogens with zero attached hydrogens (tertiary/aromatic N) is 2. The standard InChI is InChI=1S/C14H20N2O3/c1-12-4-6-13(7-5-12)16(14(17)18)19-11-10-15-8-2-3-9-15/h4-7H,2-3,8-11H2,1H3,(H,17,18). The molecule has 0 bridgehead atoms. The Balaban J connectivity index is 1.88. The van der Waals surface area contributed by atoms with Gasteiger partial charge in [-0.1, -0.05) is 17.7 Å². The average Bonchev–Trinajstić information content (AvgIpc) is 2.89. The molecule has 0 aromatic heterocycles. The third kappa shape index (κ3) is 3.94. The molecule has 1 aromatic rings. The van der Waals surface area contributed by atoms with E-state index in [-0.39, 0.29) is 0 Å². The zero-order valence-electron chi connectivity index (χ0n) is 11.2. The number of carbonyl (C=O) groups is 1. The van der Waals surface area contributed by atoms with E-state index < -0.39 is 6.09 Å². The number of carboxylic acid groups (broad SMARTS) is 1. The summed E-state index contributed by atoms with van der Waals surface area (Å²) >= 11 is 0. The molecule has 0 aliphatic carbocycles. The summed E-state index contributed by atoms with van der Waals surface area (Å²) in [5, 5.41) is 10.1. The highest BCUT2D eigenvalue weighted by Gasteiger charge is 2.17. The first-order valence-electron chi connectivity index (χ1n) is 6.62. The Morgan fingerprint density at radius 3 is 2.53 bits per heavy atom. The molecule has 0 radical (unpaired) electrons. The lowest BCUT2D eigenvalue weighted by Gasteiger charge is -2.21. The average molecular weight is 264 g/mol. The number of aryl methyl sites for hydroxylation is 1. The number of hydrogen-bond acceptors (Lipinski definition) is 3. The third-order valence-corrected chi connectivity index (χ3v) is 3.27. The molecule has 5 nitrogen and oxygen atoms in total. The highest BCUT2D eigenvalue weighted by atomic mass is 16.7. The van der Waals surface area contributed by atoms with Crippen LogP contribution in [0.15, 0.2) is 24.3 Å². The lowest BCUT2D eigenvalue weighted by Crippen LogP contribution is -2.33. The maximum absolute atomic E-state index is 11.2. The summed E-state index contributed by atoms with van der Waals surface area (Å²) in [4.78, 5) is 18.9. The molecule has 1 aliphatic rings. The summed E-state index contributed by atoms with van der Waals surface area (Å²) in [7, 11) is 0. The molecule has 1 amide bonds. The van der Waals surface area contributed by atoms with Crippen LogP contribution in [0, 0.1) is 6.92 Å². The Hall–Kier alpha value is -1.59. The summed E-state index contributed by atoms with van der Waals surface area (Å²) in [5.74, 6) is 0. The van der Waals surface area contributed by atoms with Crippen LogP contribution in [0.4, 0.5) is 10.5 Å². The fraction of sp³-hybridized carbons (Fsp3) is 0.500. The quantitative estimate of drug-likeness (QED) is 0.830. The van der Waals surface area contributed by atoms with Crippen LogP contribution in [-0.4, -0.2) is 42.3 Å². The van der Waals surface area contributed by atoms with Crippen molar-refractivity contribution in [3.8, 4) is 0 Å². The van der Waals surface area contributed by atoms with Crippen LogP contribution in [0.25, 0.3) is 0 Å². The maximum Gasteiger partial charge on any atom is 0.436 e. The van der Waals surface area contributed by atoms with Crippen LogP contribution in [-0.2, 0) is 4.84 Å². The van der Waals surface area contributed by atoms with E-state index in [0.717, 1.165) is 30.3 Å². The Bertz CT molecular complexity index is 413. The van der Waals surface area contributed by atoms with E-state index in [1.165, 1.54) is 12.8 Å². The Morgan fingerprint density at radius 2 is 1.95 bits per heavy atom. The first-order chi connectivity index (χ1) is 9.16. The summed E-state index contributed by atoms with van der Waals surface area (Å²) < 4.78 is 0. The topological polar surface area (TPSA) is 53.0 Å². The Kier molecular flexibility index (Phi) is 4.76. The third-order valence-electron chi connectivity index (χ3n) is 3.27. The minimum atomic E-state index is -1.09. The summed E-state index contributed by atoms with van der Waals surface area (Å²) in [5.41, 5.74) is 1.63. The highest BCUT2D eigenvalue weighted by Crippen LogP contribution is 2.16. The van der Waals surface area contributed by atoms with Crippen LogP contribution in [0.2, 0.25) is 0 Å². The van der Waals surface area contributed by atoms with Gasteiger partial charge in [0.1, 0.15) is 0 Å². The second-order valence-corrected chi connectivity index (χ2v) is 4.79. The smallest absolute Gasteiger partial charge is 0.436 e. The van der Waals surface area contributed by atoms with E-state index in [0.29, 0.717) is 12.3 Å². The minimum Gasteiger partial charge on any atom is -0.463 e. The van der Waals surface area contributed by atoms with E-state index in [9.17, 15) is 9.90 Å². The van der Waals surface area contributed by atoms with Crippen LogP contribution < -0.4 is 5.06 Å². The lowest BCUT2D eigenvalue weighted by molar-refractivity contribution is 0.0815. The number of hydrogen-bond donors (Lipinski definition) is 1. The number of hydroxylamine groups is 1. The van der Waals surface area contributed by atoms with Crippen LogP contribution in [0.3, 0.4) is 0 Å². The van der Waals surface area contributed by atoms with Crippen molar-refractivity contribution in [3.05, 3.63) is 29.8 Å². The van der Waals surface area contributed by atoms with E-state index in [2.05, 4.69) is 4.90 Å². The van der Waals surface area contributed by atoms with E-state index >= 15 is 0 Å². The van der Waals surface area contributed by atoms with Gasteiger partial charge in [-0.3, -0.25) is 4.84 Å². The van der Waals surface area contributed by atoms with Crippen LogP contribution >= 0.6 is 0 Å². The summed E-state index contributed by atoms with van der Waals surface area (Å²) in [6, 6.07) is 7.24. The maximum atomic E-state index is 11.2. The molecule has 1 saturated heterocycles. The van der Waals surface area contributed by atoms with E-state index in [4.69, 9.17) is 4.84 Å². The van der Waals surface area contributed by atoms with Gasteiger partial charge in [-0.15, -0.1) is 0 Å². The number of likely N-dealkylation sites (tertiary alicyclic amines) is 1. The monoisotopic (exact) mass is 264 g/mol. The van der Waals surface area contributed by atoms with Crippen LogP contribution in [0.1, 0.15) is 18.4 Å². The van der Waals surface area contributed by atoms with Crippen molar-refractivity contribution in [3.63, 3.8) is 0 Å². The van der Waals surface area contributed by atoms with Crippen molar-refractivity contribution in [2.75, 3.05) is 31.3 Å². The number of benzene rings is 1. The van der Waals surface area contributed by atoms with E-state index in [1.807, 2.05) is 19.1 Å². The van der Waals surface area contributed by atoms with Gasteiger partial charge in [-0.2, -0.15) is 5.06 Å². The van der Waals surface area contributed by atoms with Gasteiger partial charge in [0.25, 0.3) is 0 Å². The minimum absolute atomic E-state index is 0.389. The summed E-state index contributed by atoms with van der Waals surface area (Å²) in [6.45, 7) is 5.29. The van der Waals surface area contributed by atoms with Gasteiger partial charge in [0.15, 0.2) is 0 Å². The molecule has 5 heteroatoms. The van der Waals surface area contributed by atoms with E-state index in [1.54, 1.807) is 12.1 Å². The number of anilines is 1. The zero-order chi connectivity index (χ0) is 13.7. The number of rotatable bonds is 5. The van der Waals surface area contributed by atoms with Gasteiger partial charge in [-0.25, -0.2) is 4.79 Å². The van der Waals surface area contributed by atoms with Gasteiger partial charge in [0.2, 0.25) is 0 Å². The first-order valence-corrected chi connectivity index (χ1v) is 6.62.